The van der Waals surface area contributed by atoms with E-state index in [-0.39, 0.29) is 11.7 Å². The molecule has 6 nitrogen and oxygen atoms in total. The monoisotopic (exact) mass is 375 g/mol. The molecule has 1 N–H and O–H groups in total. The van der Waals surface area contributed by atoms with E-state index in [1.165, 1.54) is 24.0 Å². The van der Waals surface area contributed by atoms with Crippen LogP contribution in [0.5, 0.6) is 0 Å². The van der Waals surface area contributed by atoms with Crippen LogP contribution in [0.25, 0.3) is 0 Å². The van der Waals surface area contributed by atoms with Crippen molar-refractivity contribution in [1.82, 2.24) is 9.88 Å². The lowest BCUT2D eigenvalue weighted by molar-refractivity contribution is 0.0594. The number of carbonyl (C=O) groups excluding carboxylic acids is 2. The highest BCUT2D eigenvalue weighted by molar-refractivity contribution is 7.09. The summed E-state index contributed by atoms with van der Waals surface area (Å²) in [6.45, 7) is 7.23. The van der Waals surface area contributed by atoms with Crippen LogP contribution in [0.2, 0.25) is 0 Å². The van der Waals surface area contributed by atoms with Gasteiger partial charge < -0.3 is 15.0 Å². The number of urea groups is 1. The number of nitrogens with one attached hydrogen (secondary N) is 1. The molecule has 0 saturated carbocycles. The number of thiazole rings is 1. The maximum absolute atomic E-state index is 12.6. The van der Waals surface area contributed by atoms with Crippen molar-refractivity contribution in [2.24, 2.45) is 0 Å². The fourth-order valence-corrected chi connectivity index (χ4v) is 3.20. The van der Waals surface area contributed by atoms with Gasteiger partial charge in [0.25, 0.3) is 0 Å². The minimum atomic E-state index is -0.468. The smallest absolute Gasteiger partial charge is 0.357 e. The Morgan fingerprint density at radius 3 is 2.54 bits per heavy atom. The number of carbonyl (C=O) groups is 2. The topological polar surface area (TPSA) is 71.5 Å². The van der Waals surface area contributed by atoms with Crippen LogP contribution in [0, 0.1) is 0 Å². The van der Waals surface area contributed by atoms with Crippen LogP contribution in [0.3, 0.4) is 0 Å². The third kappa shape index (κ3) is 5.29. The van der Waals surface area contributed by atoms with Gasteiger partial charge in [0, 0.05) is 17.6 Å². The second kappa shape index (κ2) is 9.33. The van der Waals surface area contributed by atoms with E-state index >= 15 is 0 Å². The SMILES string of the molecule is CCCN(Cc1nc(C(=O)OC)cs1)C(=O)Nc1ccc(C(C)C)cc1. The van der Waals surface area contributed by atoms with Gasteiger partial charge in [0.15, 0.2) is 5.69 Å². The maximum Gasteiger partial charge on any atom is 0.357 e. The molecule has 1 heterocycles. The van der Waals surface area contributed by atoms with E-state index in [2.05, 4.69) is 28.9 Å². The number of methoxy groups -OCH3 is 1. The van der Waals surface area contributed by atoms with Gasteiger partial charge in [-0.15, -0.1) is 11.3 Å². The molecule has 0 bridgehead atoms. The summed E-state index contributed by atoms with van der Waals surface area (Å²) in [7, 11) is 1.32. The molecule has 0 aliphatic heterocycles. The highest BCUT2D eigenvalue weighted by Crippen LogP contribution is 2.18. The van der Waals surface area contributed by atoms with Crippen molar-refractivity contribution >= 4 is 29.0 Å². The fraction of sp³-hybridized carbons (Fsp3) is 0.421. The van der Waals surface area contributed by atoms with Crippen LogP contribution >= 0.6 is 11.3 Å². The van der Waals surface area contributed by atoms with Crippen LogP contribution in [0.4, 0.5) is 10.5 Å². The third-order valence-corrected chi connectivity index (χ3v) is 4.72. The first-order valence-corrected chi connectivity index (χ1v) is 9.51. The Bertz CT molecular complexity index is 741. The number of benzene rings is 1. The fourth-order valence-electron chi connectivity index (χ4n) is 2.42. The lowest BCUT2D eigenvalue weighted by atomic mass is 10.0. The first-order chi connectivity index (χ1) is 12.4. The zero-order valence-electron chi connectivity index (χ0n) is 15.6. The highest BCUT2D eigenvalue weighted by atomic mass is 32.1. The molecule has 26 heavy (non-hydrogen) atoms. The van der Waals surface area contributed by atoms with Crippen LogP contribution in [-0.4, -0.2) is 35.5 Å². The normalized spacial score (nSPS) is 10.7. The second-order valence-electron chi connectivity index (χ2n) is 6.25. The molecule has 0 aliphatic carbocycles. The number of anilines is 1. The Balaban J connectivity index is 2.04. The van der Waals surface area contributed by atoms with E-state index in [0.717, 1.165) is 12.1 Å². The van der Waals surface area contributed by atoms with E-state index in [4.69, 9.17) is 0 Å². The second-order valence-corrected chi connectivity index (χ2v) is 7.19. The molecule has 0 saturated heterocycles. The number of ether oxygens (including phenoxy) is 1. The molecule has 140 valence electrons. The van der Waals surface area contributed by atoms with Gasteiger partial charge in [-0.05, 0) is 30.0 Å². The number of rotatable bonds is 7. The minimum Gasteiger partial charge on any atom is -0.464 e. The van der Waals surface area contributed by atoms with Gasteiger partial charge >= 0.3 is 12.0 Å². The van der Waals surface area contributed by atoms with E-state index in [1.54, 1.807) is 10.3 Å². The average molecular weight is 375 g/mol. The Morgan fingerprint density at radius 2 is 1.96 bits per heavy atom. The molecule has 2 aromatic rings. The van der Waals surface area contributed by atoms with Crippen molar-refractivity contribution in [2.45, 2.75) is 39.7 Å². The summed E-state index contributed by atoms with van der Waals surface area (Å²) in [6, 6.07) is 7.69. The van der Waals surface area contributed by atoms with Gasteiger partial charge in [0.2, 0.25) is 0 Å². The van der Waals surface area contributed by atoms with Gasteiger partial charge in [-0.3, -0.25) is 0 Å². The predicted molar refractivity (Wildman–Crippen MR) is 104 cm³/mol. The van der Waals surface area contributed by atoms with Gasteiger partial charge in [0.05, 0.1) is 13.7 Å². The lowest BCUT2D eigenvalue weighted by Crippen LogP contribution is -2.35. The van der Waals surface area contributed by atoms with E-state index in [1.807, 2.05) is 31.2 Å². The molecule has 0 radical (unpaired) electrons. The Labute approximate surface area is 158 Å². The largest absolute Gasteiger partial charge is 0.464 e. The van der Waals surface area contributed by atoms with Crippen LogP contribution in [0.15, 0.2) is 29.6 Å². The maximum atomic E-state index is 12.6. The number of nitrogens with zero attached hydrogens (tertiary/aromatic N) is 2. The van der Waals surface area contributed by atoms with Crippen molar-refractivity contribution < 1.29 is 14.3 Å². The van der Waals surface area contributed by atoms with E-state index in [0.29, 0.717) is 24.0 Å². The Morgan fingerprint density at radius 1 is 1.27 bits per heavy atom. The molecule has 2 rings (SSSR count). The number of hydrogen-bond acceptors (Lipinski definition) is 5. The molecule has 0 unspecified atom stereocenters. The molecule has 0 fully saturated rings. The van der Waals surface area contributed by atoms with Crippen molar-refractivity contribution in [1.29, 1.82) is 0 Å². The minimum absolute atomic E-state index is 0.182. The van der Waals surface area contributed by atoms with Gasteiger partial charge in [0.1, 0.15) is 5.01 Å². The molecule has 1 aromatic heterocycles. The zero-order chi connectivity index (χ0) is 19.1. The average Bonchev–Trinajstić information content (AvgIpc) is 3.09. The summed E-state index contributed by atoms with van der Waals surface area (Å²) < 4.78 is 4.67. The predicted octanol–water partition coefficient (Wildman–Crippen LogP) is 4.50. The summed E-state index contributed by atoms with van der Waals surface area (Å²) in [5, 5.41) is 5.27. The molecule has 1 aromatic carbocycles. The standard InChI is InChI=1S/C19H25N3O3S/c1-5-10-22(11-17-21-16(12-26-17)18(23)25-4)19(24)20-15-8-6-14(7-9-15)13(2)3/h6-9,12-13H,5,10-11H2,1-4H3,(H,20,24). The summed E-state index contributed by atoms with van der Waals surface area (Å²) >= 11 is 1.34. The molecular formula is C19H25N3O3S. The Kier molecular flexibility index (Phi) is 7.15. The van der Waals surface area contributed by atoms with Crippen LogP contribution in [-0.2, 0) is 11.3 Å². The highest BCUT2D eigenvalue weighted by Gasteiger charge is 2.17. The number of esters is 1. The Hall–Kier alpha value is -2.41. The number of hydrogen-bond donors (Lipinski definition) is 1. The first kappa shape index (κ1) is 19.9. The van der Waals surface area contributed by atoms with Gasteiger partial charge in [-0.1, -0.05) is 32.9 Å². The third-order valence-electron chi connectivity index (χ3n) is 3.88. The summed E-state index contributed by atoms with van der Waals surface area (Å²) in [5.74, 6) is -0.0190. The van der Waals surface area contributed by atoms with Crippen molar-refractivity contribution in [3.63, 3.8) is 0 Å². The summed E-state index contributed by atoms with van der Waals surface area (Å²) in [4.78, 5) is 30.1. The first-order valence-electron chi connectivity index (χ1n) is 8.63. The molecule has 2 amide bonds. The van der Waals surface area contributed by atoms with E-state index < -0.39 is 5.97 Å². The van der Waals surface area contributed by atoms with Crippen LogP contribution in [0.1, 0.15) is 54.2 Å². The summed E-state index contributed by atoms with van der Waals surface area (Å²) in [5.41, 5.74) is 2.26. The summed E-state index contributed by atoms with van der Waals surface area (Å²) in [6.07, 6.45) is 0.828. The van der Waals surface area contributed by atoms with Gasteiger partial charge in [-0.25, -0.2) is 14.6 Å². The molecule has 0 spiro atoms. The quantitative estimate of drug-likeness (QED) is 0.724. The zero-order valence-corrected chi connectivity index (χ0v) is 16.4. The van der Waals surface area contributed by atoms with Crippen molar-refractivity contribution in [2.75, 3.05) is 19.0 Å². The molecule has 7 heteroatoms. The van der Waals surface area contributed by atoms with Crippen LogP contribution < -0.4 is 5.32 Å². The molecule has 0 atom stereocenters. The molecular weight excluding hydrogens is 350 g/mol. The van der Waals surface area contributed by atoms with E-state index in [9.17, 15) is 9.59 Å². The van der Waals surface area contributed by atoms with Gasteiger partial charge in [-0.2, -0.15) is 0 Å². The lowest BCUT2D eigenvalue weighted by Gasteiger charge is -2.21. The molecule has 0 aliphatic rings. The number of amides is 2. The van der Waals surface area contributed by atoms with Crippen molar-refractivity contribution in [3.05, 3.63) is 45.9 Å². The number of aromatic nitrogens is 1. The van der Waals surface area contributed by atoms with Crippen molar-refractivity contribution in [3.8, 4) is 0 Å².